The highest BCUT2D eigenvalue weighted by Crippen LogP contribution is 2.30. The van der Waals surface area contributed by atoms with Gasteiger partial charge in [-0.15, -0.1) is 0 Å². The van der Waals surface area contributed by atoms with E-state index < -0.39 is 33.6 Å². The van der Waals surface area contributed by atoms with Crippen molar-refractivity contribution < 1.29 is 27.5 Å². The number of hydrogen-bond acceptors (Lipinski definition) is 6. The molecule has 1 atom stereocenters. The average Bonchev–Trinajstić information content (AvgIpc) is 2.75. The van der Waals surface area contributed by atoms with Crippen molar-refractivity contribution in [3.05, 3.63) is 70.4 Å². The third-order valence-corrected chi connectivity index (χ3v) is 6.99. The molecule has 0 radical (unpaired) electrons. The van der Waals surface area contributed by atoms with Gasteiger partial charge in [-0.25, -0.2) is 18.0 Å². The normalized spacial score (nSPS) is 16.1. The van der Waals surface area contributed by atoms with E-state index in [1.54, 1.807) is 43.3 Å². The first kappa shape index (κ1) is 24.3. The lowest BCUT2D eigenvalue weighted by molar-refractivity contribution is -0.139. The second kappa shape index (κ2) is 10.1. The summed E-state index contributed by atoms with van der Waals surface area (Å²) in [6, 6.07) is 10.2. The molecule has 0 aromatic heterocycles. The van der Waals surface area contributed by atoms with Gasteiger partial charge < -0.3 is 20.1 Å². The molecule has 2 N–H and O–H groups in total. The maximum Gasteiger partial charge on any atom is 0.338 e. The zero-order valence-electron chi connectivity index (χ0n) is 19.1. The highest BCUT2D eigenvalue weighted by Gasteiger charge is 2.35. The summed E-state index contributed by atoms with van der Waals surface area (Å²) in [5, 5.41) is 5.22. The van der Waals surface area contributed by atoms with Gasteiger partial charge in [0.05, 0.1) is 35.5 Å². The molecule has 1 aliphatic rings. The maximum atomic E-state index is 13.2. The van der Waals surface area contributed by atoms with Gasteiger partial charge in [-0.1, -0.05) is 18.2 Å². The smallest absolute Gasteiger partial charge is 0.338 e. The summed E-state index contributed by atoms with van der Waals surface area (Å²) in [5.74, 6) is -0.611. The minimum Gasteiger partial charge on any atom is -0.494 e. The van der Waals surface area contributed by atoms with Crippen LogP contribution in [0, 0.1) is 13.8 Å². The summed E-state index contributed by atoms with van der Waals surface area (Å²) in [7, 11) is -3.85. The summed E-state index contributed by atoms with van der Waals surface area (Å²) in [6.07, 6.45) is 0. The zero-order chi connectivity index (χ0) is 24.2. The third kappa shape index (κ3) is 5.54. The Morgan fingerprint density at radius 1 is 1.00 bits per heavy atom. The summed E-state index contributed by atoms with van der Waals surface area (Å²) in [6.45, 7) is 7.84. The molecule has 1 unspecified atom stereocenters. The van der Waals surface area contributed by atoms with Crippen LogP contribution in [0.25, 0.3) is 0 Å². The van der Waals surface area contributed by atoms with E-state index in [4.69, 9.17) is 9.47 Å². The van der Waals surface area contributed by atoms with Gasteiger partial charge in [0, 0.05) is 5.70 Å². The molecule has 0 saturated heterocycles. The van der Waals surface area contributed by atoms with Crippen molar-refractivity contribution in [1.29, 1.82) is 0 Å². The van der Waals surface area contributed by atoms with Crippen LogP contribution in [0.15, 0.2) is 58.6 Å². The number of benzene rings is 2. The van der Waals surface area contributed by atoms with Gasteiger partial charge >= 0.3 is 12.0 Å². The van der Waals surface area contributed by atoms with Crippen LogP contribution in [0.5, 0.6) is 5.75 Å². The average molecular weight is 473 g/mol. The van der Waals surface area contributed by atoms with Crippen molar-refractivity contribution in [3.8, 4) is 5.75 Å². The standard InChI is InChI=1S/C24H28N2O6S/c1-5-31-18-10-8-17(9-11-18)22-21(23(27)32-6-2)20(25-24(28)26-22)14-33(29,30)19-12-7-15(3)16(4)13-19/h7-13,22H,5-6,14H2,1-4H3,(H2,25,26,28). The molecule has 176 valence electrons. The first-order chi connectivity index (χ1) is 15.7. The van der Waals surface area contributed by atoms with Crippen molar-refractivity contribution in [2.24, 2.45) is 0 Å². The van der Waals surface area contributed by atoms with Crippen LogP contribution in [0.4, 0.5) is 4.79 Å². The number of nitrogens with one attached hydrogen (secondary N) is 2. The monoisotopic (exact) mass is 472 g/mol. The number of sulfone groups is 1. The molecule has 3 rings (SSSR count). The number of urea groups is 1. The number of carbonyl (C=O) groups is 2. The molecule has 0 bridgehead atoms. The van der Waals surface area contributed by atoms with Crippen molar-refractivity contribution in [3.63, 3.8) is 0 Å². The molecule has 1 aliphatic heterocycles. The van der Waals surface area contributed by atoms with Crippen LogP contribution in [-0.2, 0) is 19.4 Å². The van der Waals surface area contributed by atoms with E-state index in [0.717, 1.165) is 11.1 Å². The van der Waals surface area contributed by atoms with E-state index in [1.165, 1.54) is 6.07 Å². The van der Waals surface area contributed by atoms with E-state index in [2.05, 4.69) is 10.6 Å². The minimum atomic E-state index is -3.85. The lowest BCUT2D eigenvalue weighted by Gasteiger charge is -2.29. The minimum absolute atomic E-state index is 0.00527. The van der Waals surface area contributed by atoms with Gasteiger partial charge in [-0.2, -0.15) is 0 Å². The first-order valence-corrected chi connectivity index (χ1v) is 12.3. The SMILES string of the molecule is CCOC(=O)C1=C(CS(=O)(=O)c2ccc(C)c(C)c2)NC(=O)NC1c1ccc(OCC)cc1. The molecule has 8 nitrogen and oxygen atoms in total. The van der Waals surface area contributed by atoms with Gasteiger partial charge in [-0.3, -0.25) is 0 Å². The highest BCUT2D eigenvalue weighted by atomic mass is 32.2. The predicted octanol–water partition coefficient (Wildman–Crippen LogP) is 3.35. The van der Waals surface area contributed by atoms with Crippen molar-refractivity contribution in [1.82, 2.24) is 10.6 Å². The van der Waals surface area contributed by atoms with E-state index in [-0.39, 0.29) is 22.8 Å². The Kier molecular flexibility index (Phi) is 7.43. The van der Waals surface area contributed by atoms with Crippen LogP contribution < -0.4 is 15.4 Å². The Morgan fingerprint density at radius 2 is 1.70 bits per heavy atom. The van der Waals surface area contributed by atoms with Crippen LogP contribution in [0.2, 0.25) is 0 Å². The largest absolute Gasteiger partial charge is 0.494 e. The van der Waals surface area contributed by atoms with Gasteiger partial charge in [0.1, 0.15) is 5.75 Å². The molecule has 2 aromatic carbocycles. The van der Waals surface area contributed by atoms with Crippen LogP contribution in [0.3, 0.4) is 0 Å². The molecule has 2 amide bonds. The molecular weight excluding hydrogens is 444 g/mol. The molecule has 1 heterocycles. The lowest BCUT2D eigenvalue weighted by atomic mass is 9.95. The van der Waals surface area contributed by atoms with Gasteiger partial charge in [0.15, 0.2) is 9.84 Å². The van der Waals surface area contributed by atoms with E-state index in [9.17, 15) is 18.0 Å². The molecule has 0 spiro atoms. The number of rotatable bonds is 8. The van der Waals surface area contributed by atoms with Crippen molar-refractivity contribution >= 4 is 21.8 Å². The van der Waals surface area contributed by atoms with Gasteiger partial charge in [-0.05, 0) is 68.7 Å². The fourth-order valence-corrected chi connectivity index (χ4v) is 4.94. The summed E-state index contributed by atoms with van der Waals surface area (Å²) in [5.41, 5.74) is 2.43. The Morgan fingerprint density at radius 3 is 2.30 bits per heavy atom. The molecule has 0 saturated carbocycles. The predicted molar refractivity (Wildman–Crippen MR) is 124 cm³/mol. The molecule has 9 heteroatoms. The Hall–Kier alpha value is -3.33. The fraction of sp³-hybridized carbons (Fsp3) is 0.333. The zero-order valence-corrected chi connectivity index (χ0v) is 19.9. The van der Waals surface area contributed by atoms with Gasteiger partial charge in [0.2, 0.25) is 0 Å². The Balaban J connectivity index is 2.07. The van der Waals surface area contributed by atoms with E-state index in [1.807, 2.05) is 20.8 Å². The number of aryl methyl sites for hydroxylation is 2. The van der Waals surface area contributed by atoms with E-state index >= 15 is 0 Å². The second-order valence-corrected chi connectivity index (χ2v) is 9.64. The van der Waals surface area contributed by atoms with Crippen LogP contribution >= 0.6 is 0 Å². The topological polar surface area (TPSA) is 111 Å². The molecule has 0 fully saturated rings. The summed E-state index contributed by atoms with van der Waals surface area (Å²) < 4.78 is 37.0. The third-order valence-electron chi connectivity index (χ3n) is 5.35. The maximum absolute atomic E-state index is 13.2. The summed E-state index contributed by atoms with van der Waals surface area (Å²) >= 11 is 0. The molecule has 33 heavy (non-hydrogen) atoms. The molecule has 2 aromatic rings. The first-order valence-electron chi connectivity index (χ1n) is 10.7. The fourth-order valence-electron chi connectivity index (χ4n) is 3.54. The number of hydrogen-bond donors (Lipinski definition) is 2. The second-order valence-electron chi connectivity index (χ2n) is 7.65. The number of amides is 2. The quantitative estimate of drug-likeness (QED) is 0.570. The van der Waals surface area contributed by atoms with E-state index in [0.29, 0.717) is 17.9 Å². The van der Waals surface area contributed by atoms with Crippen molar-refractivity contribution in [2.75, 3.05) is 19.0 Å². The number of ether oxygens (including phenoxy) is 2. The Bertz CT molecular complexity index is 1190. The van der Waals surface area contributed by atoms with Gasteiger partial charge in [0.25, 0.3) is 0 Å². The number of carbonyl (C=O) groups excluding carboxylic acids is 2. The molecular formula is C24H28N2O6S. The van der Waals surface area contributed by atoms with Crippen LogP contribution in [-0.4, -0.2) is 39.4 Å². The molecule has 0 aliphatic carbocycles. The summed E-state index contributed by atoms with van der Waals surface area (Å²) in [4.78, 5) is 25.5. The van der Waals surface area contributed by atoms with Crippen LogP contribution in [0.1, 0.15) is 36.6 Å². The number of esters is 1. The lowest BCUT2D eigenvalue weighted by Crippen LogP contribution is -2.47. The Labute approximate surface area is 193 Å². The highest BCUT2D eigenvalue weighted by molar-refractivity contribution is 7.91. The van der Waals surface area contributed by atoms with Crippen molar-refractivity contribution in [2.45, 2.75) is 38.6 Å².